The second kappa shape index (κ2) is 13.0. The van der Waals surface area contributed by atoms with Crippen LogP contribution in [0.2, 0.25) is 0 Å². The van der Waals surface area contributed by atoms with Gasteiger partial charge in [0.05, 0.1) is 11.9 Å². The third-order valence-electron chi connectivity index (χ3n) is 2.41. The van der Waals surface area contributed by atoms with Gasteiger partial charge in [0.15, 0.2) is 10.2 Å². The van der Waals surface area contributed by atoms with Crippen LogP contribution < -0.4 is 10.2 Å². The Morgan fingerprint density at radius 3 is 1.46 bits per heavy atom. The predicted molar refractivity (Wildman–Crippen MR) is 103 cm³/mol. The Hall–Kier alpha value is -0.254. The largest absolute Gasteiger partial charge is 2.00 e. The van der Waals surface area contributed by atoms with Crippen molar-refractivity contribution in [3.8, 4) is 0 Å². The monoisotopic (exact) mass is 416 g/mol. The summed E-state index contributed by atoms with van der Waals surface area (Å²) in [7, 11) is 0. The quantitative estimate of drug-likeness (QED) is 0.479. The first kappa shape index (κ1) is 30.5. The van der Waals surface area contributed by atoms with Crippen LogP contribution in [-0.2, 0) is 19.2 Å². The van der Waals surface area contributed by atoms with Crippen LogP contribution in [0.4, 0.5) is 0 Å². The van der Waals surface area contributed by atoms with Crippen molar-refractivity contribution >= 4 is 68.7 Å². The van der Waals surface area contributed by atoms with Crippen LogP contribution in [0.25, 0.3) is 0 Å². The summed E-state index contributed by atoms with van der Waals surface area (Å²) in [5.74, 6) is -4.18. The second-order valence-corrected chi connectivity index (χ2v) is 11.3. The summed E-state index contributed by atoms with van der Waals surface area (Å²) in [5, 5.41) is 20.2. The molecule has 2 atom stereocenters. The molecule has 0 saturated carbocycles. The molecule has 0 aliphatic rings. The van der Waals surface area contributed by atoms with Crippen LogP contribution in [0.15, 0.2) is 0 Å². The molecule has 9 heteroatoms. The maximum absolute atomic E-state index is 11.2. The standard InChI is InChI=1S/C9H16O3S.C8H14O3S.Mg/c1-6(8(11)12)5-7(10)13-9(2,3)4;1-5(6(9)10)7(11)12-8(2,3)4;/h6H,5H2,1-4H3,(H,11,12);5H,1-4H3,(H,9,10);/q;;+2/p-2. The van der Waals surface area contributed by atoms with Gasteiger partial charge in [-0.15, -0.1) is 0 Å². The Bertz CT molecular complexity index is 494. The smallest absolute Gasteiger partial charge is 0.550 e. The minimum atomic E-state index is -1.31. The summed E-state index contributed by atoms with van der Waals surface area (Å²) < 4.78 is -0.385. The van der Waals surface area contributed by atoms with Crippen LogP contribution in [0.3, 0.4) is 0 Å². The number of rotatable bonds is 5. The maximum atomic E-state index is 11.2. The second-order valence-electron chi connectivity index (χ2n) is 7.58. The van der Waals surface area contributed by atoms with Crippen LogP contribution in [0, 0.1) is 11.8 Å². The fourth-order valence-corrected chi connectivity index (χ4v) is 3.10. The molecule has 0 rings (SSSR count). The molecule has 2 unspecified atom stereocenters. The summed E-state index contributed by atoms with van der Waals surface area (Å²) >= 11 is 2.21. The van der Waals surface area contributed by atoms with Gasteiger partial charge in [0.1, 0.15) is 0 Å². The topological polar surface area (TPSA) is 114 Å². The van der Waals surface area contributed by atoms with Crippen LogP contribution in [0.5, 0.6) is 0 Å². The molecule has 0 amide bonds. The van der Waals surface area contributed by atoms with E-state index in [-0.39, 0.29) is 49.2 Å². The Labute approximate surface area is 180 Å². The van der Waals surface area contributed by atoms with Crippen molar-refractivity contribution < 1.29 is 29.4 Å². The fraction of sp³-hybridized carbons (Fsp3) is 0.765. The van der Waals surface area contributed by atoms with Crippen molar-refractivity contribution in [2.75, 3.05) is 0 Å². The van der Waals surface area contributed by atoms with Gasteiger partial charge >= 0.3 is 23.1 Å². The van der Waals surface area contributed by atoms with E-state index in [1.54, 1.807) is 0 Å². The normalized spacial score (nSPS) is 13.4. The number of carbonyl (C=O) groups excluding carboxylic acids is 4. The number of aliphatic carboxylic acids is 2. The first-order valence-corrected chi connectivity index (χ1v) is 9.46. The molecular formula is C17H28MgO6S2. The van der Waals surface area contributed by atoms with Gasteiger partial charge in [-0.3, -0.25) is 9.59 Å². The minimum Gasteiger partial charge on any atom is -0.550 e. The van der Waals surface area contributed by atoms with Crippen molar-refractivity contribution in [2.45, 2.75) is 71.3 Å². The fourth-order valence-electron chi connectivity index (χ4n) is 1.20. The SMILES string of the molecule is CC(C(=O)[O-])C(=O)SC(C)(C)C.CC(CC(=O)SC(C)(C)C)C(=O)[O-].[Mg+2]. The van der Waals surface area contributed by atoms with Gasteiger partial charge in [0.25, 0.3) is 0 Å². The van der Waals surface area contributed by atoms with Gasteiger partial charge < -0.3 is 19.8 Å². The molecule has 0 aliphatic heterocycles. The zero-order valence-corrected chi connectivity index (χ0v) is 19.9. The summed E-state index contributed by atoms with van der Waals surface area (Å²) in [5.41, 5.74) is 0. The molecule has 0 aromatic heterocycles. The maximum Gasteiger partial charge on any atom is 2.00 e. The van der Waals surface area contributed by atoms with Crippen molar-refractivity contribution in [2.24, 2.45) is 11.8 Å². The molecule has 26 heavy (non-hydrogen) atoms. The molecule has 0 aromatic rings. The van der Waals surface area contributed by atoms with E-state index in [0.717, 1.165) is 11.8 Å². The zero-order valence-electron chi connectivity index (χ0n) is 16.8. The van der Waals surface area contributed by atoms with Gasteiger partial charge in [-0.1, -0.05) is 72.0 Å². The number of hydrogen-bond donors (Lipinski definition) is 0. The first-order valence-electron chi connectivity index (χ1n) is 7.82. The van der Waals surface area contributed by atoms with Crippen LogP contribution in [0.1, 0.15) is 61.8 Å². The van der Waals surface area contributed by atoms with Crippen molar-refractivity contribution in [3.05, 3.63) is 0 Å². The number of carbonyl (C=O) groups is 4. The van der Waals surface area contributed by atoms with Gasteiger partial charge in [0, 0.05) is 27.8 Å². The Kier molecular flexibility index (Phi) is 15.3. The number of thioether (sulfide) groups is 2. The van der Waals surface area contributed by atoms with Crippen molar-refractivity contribution in [3.63, 3.8) is 0 Å². The van der Waals surface area contributed by atoms with E-state index < -0.39 is 23.8 Å². The number of carboxylic acids is 2. The van der Waals surface area contributed by atoms with Gasteiger partial charge in [-0.25, -0.2) is 0 Å². The number of carboxylic acid groups (broad SMARTS) is 2. The molecule has 6 nitrogen and oxygen atoms in total. The molecule has 0 saturated heterocycles. The molecule has 0 bridgehead atoms. The third-order valence-corrected chi connectivity index (χ3v) is 4.58. The van der Waals surface area contributed by atoms with Gasteiger partial charge in [0.2, 0.25) is 0 Å². The van der Waals surface area contributed by atoms with E-state index in [1.165, 1.54) is 25.6 Å². The van der Waals surface area contributed by atoms with Gasteiger partial charge in [-0.2, -0.15) is 0 Å². The van der Waals surface area contributed by atoms with Crippen molar-refractivity contribution in [1.82, 2.24) is 0 Å². The zero-order chi connectivity index (χ0) is 20.6. The van der Waals surface area contributed by atoms with E-state index in [2.05, 4.69) is 0 Å². The minimum absolute atomic E-state index is 0. The molecule has 0 aliphatic carbocycles. The van der Waals surface area contributed by atoms with E-state index in [0.29, 0.717) is 0 Å². The average Bonchev–Trinajstić information content (AvgIpc) is 2.33. The Morgan fingerprint density at radius 2 is 1.19 bits per heavy atom. The first-order chi connectivity index (χ1) is 11.0. The predicted octanol–water partition coefficient (Wildman–Crippen LogP) is 0.871. The molecule has 0 aromatic carbocycles. The Morgan fingerprint density at radius 1 is 0.808 bits per heavy atom. The summed E-state index contributed by atoms with van der Waals surface area (Å²) in [6.07, 6.45) is 0.0459. The van der Waals surface area contributed by atoms with Gasteiger partial charge in [-0.05, 0) is 6.92 Å². The molecule has 0 N–H and O–H groups in total. The Balaban J connectivity index is -0.000000393. The van der Waals surface area contributed by atoms with E-state index >= 15 is 0 Å². The number of hydrogen-bond acceptors (Lipinski definition) is 8. The summed E-state index contributed by atoms with van der Waals surface area (Å²) in [4.78, 5) is 43.0. The molecule has 0 heterocycles. The molecular weight excluding hydrogens is 389 g/mol. The van der Waals surface area contributed by atoms with E-state index in [1.807, 2.05) is 41.5 Å². The third kappa shape index (κ3) is 18.5. The van der Waals surface area contributed by atoms with E-state index in [4.69, 9.17) is 0 Å². The molecule has 0 spiro atoms. The molecule has 146 valence electrons. The molecule has 0 fully saturated rings. The summed E-state index contributed by atoms with van der Waals surface area (Å²) in [6.45, 7) is 14.2. The average molecular weight is 417 g/mol. The van der Waals surface area contributed by atoms with E-state index in [9.17, 15) is 29.4 Å². The van der Waals surface area contributed by atoms with Crippen LogP contribution in [-0.4, -0.2) is 54.7 Å². The molecule has 0 radical (unpaired) electrons. The van der Waals surface area contributed by atoms with Crippen molar-refractivity contribution in [1.29, 1.82) is 0 Å². The summed E-state index contributed by atoms with van der Waals surface area (Å²) in [6, 6.07) is 0. The van der Waals surface area contributed by atoms with Crippen LogP contribution >= 0.6 is 23.5 Å².